The molecular weight excluding hydrogens is 457 g/mol. The SMILES string of the molecule is C=Cc1c2[n-]c(c1C)/C=C1\[N-]/C(=C3/CC(=O)c4c3[n-]c(c4C)/C=c3\[n-]/c(c(C)c3C)=C\2)[C@@H](C)[C@@H]1C.[Mg+2]. The van der Waals surface area contributed by atoms with E-state index in [1.807, 2.05) is 25.2 Å². The second-order valence-electron chi connectivity index (χ2n) is 10.1. The molecule has 0 amide bonds. The van der Waals surface area contributed by atoms with Crippen LogP contribution in [0.1, 0.15) is 81.2 Å². The summed E-state index contributed by atoms with van der Waals surface area (Å²) in [6.45, 7) is 16.7. The molecular formula is C30H28MgN4O-2. The van der Waals surface area contributed by atoms with Gasteiger partial charge in [-0.1, -0.05) is 72.6 Å². The number of fused-ring (bicyclic) bond motifs is 7. The fraction of sp³-hybridized carbons (Fsp3) is 0.300. The van der Waals surface area contributed by atoms with E-state index in [-0.39, 0.29) is 40.7 Å². The van der Waals surface area contributed by atoms with E-state index in [1.165, 1.54) is 0 Å². The predicted molar refractivity (Wildman–Crippen MR) is 146 cm³/mol. The Bertz CT molecular complexity index is 1650. The van der Waals surface area contributed by atoms with Crippen LogP contribution in [0.5, 0.6) is 0 Å². The predicted octanol–water partition coefficient (Wildman–Crippen LogP) is 4.02. The third kappa shape index (κ3) is 3.38. The average Bonchev–Trinajstić information content (AvgIpc) is 3.55. The molecule has 1 saturated heterocycles. The quantitative estimate of drug-likeness (QED) is 0.489. The Morgan fingerprint density at radius 3 is 2.14 bits per heavy atom. The van der Waals surface area contributed by atoms with Gasteiger partial charge in [0.2, 0.25) is 0 Å². The van der Waals surface area contributed by atoms with Crippen molar-refractivity contribution in [3.8, 4) is 0 Å². The Labute approximate surface area is 227 Å². The second kappa shape index (κ2) is 8.56. The van der Waals surface area contributed by atoms with E-state index in [0.717, 1.165) is 83.8 Å². The van der Waals surface area contributed by atoms with Gasteiger partial charge < -0.3 is 20.3 Å². The first-order valence-electron chi connectivity index (χ1n) is 12.2. The van der Waals surface area contributed by atoms with Gasteiger partial charge in [-0.15, -0.1) is 33.5 Å². The van der Waals surface area contributed by atoms with Gasteiger partial charge in [0.15, 0.2) is 5.78 Å². The van der Waals surface area contributed by atoms with Gasteiger partial charge in [0.05, 0.1) is 0 Å². The average molecular weight is 485 g/mol. The summed E-state index contributed by atoms with van der Waals surface area (Å²) in [7, 11) is 0. The minimum absolute atomic E-state index is 0. The Morgan fingerprint density at radius 1 is 0.833 bits per heavy atom. The minimum Gasteiger partial charge on any atom is -0.664 e. The van der Waals surface area contributed by atoms with Gasteiger partial charge in [0.25, 0.3) is 0 Å². The topological polar surface area (TPSA) is 73.5 Å². The van der Waals surface area contributed by atoms with Gasteiger partial charge in [-0.25, -0.2) is 0 Å². The van der Waals surface area contributed by atoms with E-state index in [4.69, 9.17) is 20.3 Å². The van der Waals surface area contributed by atoms with E-state index >= 15 is 0 Å². The van der Waals surface area contributed by atoms with Crippen LogP contribution in [0.4, 0.5) is 0 Å². The summed E-state index contributed by atoms with van der Waals surface area (Å²) in [5, 5.41) is 6.85. The molecule has 0 saturated carbocycles. The normalized spacial score (nSPS) is 25.3. The molecule has 3 aliphatic rings. The molecule has 5 nitrogen and oxygen atoms in total. The molecule has 0 radical (unpaired) electrons. The molecule has 5 heterocycles. The molecule has 1 fully saturated rings. The number of hydrogen-bond donors (Lipinski definition) is 0. The molecule has 0 unspecified atom stereocenters. The zero-order valence-corrected chi connectivity index (χ0v) is 23.2. The first-order chi connectivity index (χ1) is 16.7. The van der Waals surface area contributed by atoms with Crippen molar-refractivity contribution in [2.45, 2.75) is 48.0 Å². The van der Waals surface area contributed by atoms with Crippen LogP contribution in [0.25, 0.3) is 35.2 Å². The Kier molecular flexibility index (Phi) is 5.88. The molecule has 1 aliphatic carbocycles. The van der Waals surface area contributed by atoms with Crippen molar-refractivity contribution in [3.63, 3.8) is 0 Å². The fourth-order valence-corrected chi connectivity index (χ4v) is 5.63. The molecule has 0 aromatic carbocycles. The Hall–Kier alpha value is -2.96. The van der Waals surface area contributed by atoms with Crippen molar-refractivity contribution in [3.05, 3.63) is 90.1 Å². The maximum atomic E-state index is 13.1. The van der Waals surface area contributed by atoms with E-state index in [9.17, 15) is 4.79 Å². The first-order valence-corrected chi connectivity index (χ1v) is 12.2. The Balaban J connectivity index is 0.00000267. The van der Waals surface area contributed by atoms with E-state index in [0.29, 0.717) is 6.42 Å². The van der Waals surface area contributed by atoms with Crippen molar-refractivity contribution in [1.82, 2.24) is 15.0 Å². The standard InChI is InChI=1S/C30H29N4O.Mg/c1-8-19-17(6)24-11-23-15(4)16(5)29(33-23)20-9-27(35)28-18(7)25(34-30(20)28)10-21-13(2)14(3)22(31-21)12-26(19)32-24;/h8,10-12,15-16H,1,9H2,2-7H3,(H-,33,34,35);/q-3;+2/p-1/b21-10-,22-12-,23-11-;/t15-,16-;/m0./s1. The van der Waals surface area contributed by atoms with Crippen LogP contribution in [0.15, 0.2) is 18.0 Å². The van der Waals surface area contributed by atoms with Crippen molar-refractivity contribution < 1.29 is 4.79 Å². The number of carbonyl (C=O) groups excluding carboxylic acids is 1. The smallest absolute Gasteiger partial charge is 0.664 e. The van der Waals surface area contributed by atoms with Crippen LogP contribution in [-0.2, 0) is 0 Å². The van der Waals surface area contributed by atoms with Crippen LogP contribution in [-0.4, -0.2) is 28.8 Å². The zero-order chi connectivity index (χ0) is 24.8. The summed E-state index contributed by atoms with van der Waals surface area (Å²) in [4.78, 5) is 28.0. The molecule has 178 valence electrons. The summed E-state index contributed by atoms with van der Waals surface area (Å²) >= 11 is 0. The van der Waals surface area contributed by atoms with Crippen molar-refractivity contribution in [2.75, 3.05) is 0 Å². The van der Waals surface area contributed by atoms with Crippen LogP contribution in [0.2, 0.25) is 0 Å². The largest absolute Gasteiger partial charge is 2.00 e. The summed E-state index contributed by atoms with van der Waals surface area (Å²) in [5.74, 6) is 0.542. The molecule has 6 rings (SSSR count). The third-order valence-electron chi connectivity index (χ3n) is 8.25. The van der Waals surface area contributed by atoms with Crippen LogP contribution >= 0.6 is 0 Å². The van der Waals surface area contributed by atoms with Crippen LogP contribution < -0.4 is 25.7 Å². The summed E-state index contributed by atoms with van der Waals surface area (Å²) in [6, 6.07) is 0. The van der Waals surface area contributed by atoms with Gasteiger partial charge in [-0.05, 0) is 45.1 Å². The van der Waals surface area contributed by atoms with E-state index in [1.54, 1.807) is 0 Å². The molecule has 0 N–H and O–H groups in total. The maximum absolute atomic E-state index is 13.1. The fourth-order valence-electron chi connectivity index (χ4n) is 5.63. The van der Waals surface area contributed by atoms with Gasteiger partial charge in [0, 0.05) is 12.0 Å². The monoisotopic (exact) mass is 484 g/mol. The second-order valence-corrected chi connectivity index (χ2v) is 10.1. The molecule has 3 aromatic heterocycles. The molecule has 2 aliphatic heterocycles. The van der Waals surface area contributed by atoms with Gasteiger partial charge in [-0.3, -0.25) is 4.79 Å². The molecule has 6 heteroatoms. The number of allylic oxidation sites excluding steroid dienone is 3. The number of aromatic nitrogens is 3. The first kappa shape index (κ1) is 24.7. The summed E-state index contributed by atoms with van der Waals surface area (Å²) in [5.41, 5.74) is 12.3. The van der Waals surface area contributed by atoms with Gasteiger partial charge in [0.1, 0.15) is 0 Å². The van der Waals surface area contributed by atoms with Crippen LogP contribution in [0, 0.1) is 39.5 Å². The molecule has 3 aromatic rings. The minimum atomic E-state index is 0. The number of nitrogens with zero attached hydrogens (tertiary/aromatic N) is 4. The van der Waals surface area contributed by atoms with Crippen LogP contribution in [0.3, 0.4) is 0 Å². The number of carbonyl (C=O) groups is 1. The van der Waals surface area contributed by atoms with Gasteiger partial charge >= 0.3 is 23.1 Å². The number of Topliss-reactive ketones (excluding diaryl/α,β-unsaturated/α-hetero) is 1. The summed E-state index contributed by atoms with van der Waals surface area (Å²) < 4.78 is 0. The number of ketones is 1. The molecule has 0 spiro atoms. The zero-order valence-electron chi connectivity index (χ0n) is 21.8. The summed E-state index contributed by atoms with van der Waals surface area (Å²) in [6.07, 6.45) is 8.40. The molecule has 2 atom stereocenters. The number of hydrogen-bond acceptors (Lipinski definition) is 1. The van der Waals surface area contributed by atoms with E-state index < -0.39 is 0 Å². The molecule has 8 bridgehead atoms. The molecule has 36 heavy (non-hydrogen) atoms. The maximum Gasteiger partial charge on any atom is 2.00 e. The van der Waals surface area contributed by atoms with Gasteiger partial charge in [-0.2, -0.15) is 11.4 Å². The number of rotatable bonds is 1. The third-order valence-corrected chi connectivity index (χ3v) is 8.25. The van der Waals surface area contributed by atoms with Crippen molar-refractivity contribution in [1.29, 1.82) is 0 Å². The van der Waals surface area contributed by atoms with Crippen molar-refractivity contribution >= 4 is 58.7 Å². The van der Waals surface area contributed by atoms with E-state index in [2.05, 4.69) is 47.3 Å². The Morgan fingerprint density at radius 2 is 1.47 bits per heavy atom. The van der Waals surface area contributed by atoms with Crippen molar-refractivity contribution in [2.24, 2.45) is 11.8 Å².